The Morgan fingerprint density at radius 2 is 1.88 bits per heavy atom. The van der Waals surface area contributed by atoms with Crippen LogP contribution in [-0.2, 0) is 0 Å². The number of halogens is 4. The van der Waals surface area contributed by atoms with Crippen LogP contribution < -0.4 is 5.56 Å². The topological polar surface area (TPSA) is 34.9 Å². The number of hydrogen-bond acceptors (Lipinski definition) is 2. The molecule has 0 aliphatic rings. The van der Waals surface area contributed by atoms with Crippen molar-refractivity contribution in [1.29, 1.82) is 0 Å². The van der Waals surface area contributed by atoms with Gasteiger partial charge in [-0.1, -0.05) is 18.2 Å². The van der Waals surface area contributed by atoms with Crippen molar-refractivity contribution in [3.63, 3.8) is 0 Å². The summed E-state index contributed by atoms with van der Waals surface area (Å²) in [6, 6.07) is 7.72. The van der Waals surface area contributed by atoms with Gasteiger partial charge in [0.25, 0.3) is 5.56 Å². The number of alkyl halides is 3. The summed E-state index contributed by atoms with van der Waals surface area (Å²) >= 11 is 0. The SMILES string of the molecule is Cc1ccccc1-n1cc(C(C)C(F)(F)F)c2ncc(F)cc2c1=O. The Morgan fingerprint density at radius 1 is 1.20 bits per heavy atom. The lowest BCUT2D eigenvalue weighted by molar-refractivity contribution is -0.146. The van der Waals surface area contributed by atoms with Crippen LogP contribution in [0.15, 0.2) is 47.5 Å². The van der Waals surface area contributed by atoms with Crippen LogP contribution >= 0.6 is 0 Å². The Morgan fingerprint density at radius 3 is 2.52 bits per heavy atom. The number of benzene rings is 1. The van der Waals surface area contributed by atoms with E-state index in [1.165, 1.54) is 0 Å². The highest BCUT2D eigenvalue weighted by Crippen LogP contribution is 2.36. The summed E-state index contributed by atoms with van der Waals surface area (Å²) in [6.07, 6.45) is -2.56. The maximum absolute atomic E-state index is 13.6. The second kappa shape index (κ2) is 5.98. The Labute approximate surface area is 140 Å². The highest BCUT2D eigenvalue weighted by molar-refractivity contribution is 5.81. The van der Waals surface area contributed by atoms with Gasteiger partial charge in [-0.15, -0.1) is 0 Å². The molecule has 0 N–H and O–H groups in total. The molecule has 25 heavy (non-hydrogen) atoms. The van der Waals surface area contributed by atoms with Gasteiger partial charge in [0.1, 0.15) is 5.82 Å². The second-order valence-electron chi connectivity index (χ2n) is 5.86. The fourth-order valence-electron chi connectivity index (χ4n) is 2.73. The Bertz CT molecular complexity index is 1010. The number of fused-ring (bicyclic) bond motifs is 1. The number of rotatable bonds is 2. The summed E-state index contributed by atoms with van der Waals surface area (Å²) in [5, 5.41) is -0.183. The maximum Gasteiger partial charge on any atom is 0.395 e. The van der Waals surface area contributed by atoms with Crippen LogP contribution in [-0.4, -0.2) is 15.7 Å². The van der Waals surface area contributed by atoms with Crippen LogP contribution in [0.4, 0.5) is 17.6 Å². The van der Waals surface area contributed by atoms with E-state index in [9.17, 15) is 22.4 Å². The first kappa shape index (κ1) is 17.1. The van der Waals surface area contributed by atoms with Crippen molar-refractivity contribution in [2.45, 2.75) is 25.9 Å². The Kier molecular flexibility index (Phi) is 4.10. The number of pyridine rings is 2. The van der Waals surface area contributed by atoms with E-state index >= 15 is 0 Å². The van der Waals surface area contributed by atoms with Gasteiger partial charge in [0.05, 0.1) is 28.7 Å². The number of para-hydroxylation sites is 1. The van der Waals surface area contributed by atoms with Crippen molar-refractivity contribution in [1.82, 2.24) is 9.55 Å². The molecule has 0 amide bonds. The molecule has 2 aromatic heterocycles. The summed E-state index contributed by atoms with van der Waals surface area (Å²) in [4.78, 5) is 16.5. The molecule has 0 saturated heterocycles. The molecule has 2 heterocycles. The minimum absolute atomic E-state index is 0.138. The smallest absolute Gasteiger partial charge is 0.283 e. The van der Waals surface area contributed by atoms with E-state index in [4.69, 9.17) is 0 Å². The van der Waals surface area contributed by atoms with Gasteiger partial charge in [0, 0.05) is 11.8 Å². The summed E-state index contributed by atoms with van der Waals surface area (Å²) in [7, 11) is 0. The summed E-state index contributed by atoms with van der Waals surface area (Å²) in [5.74, 6) is -2.64. The molecule has 3 aromatic rings. The first-order valence-corrected chi connectivity index (χ1v) is 7.53. The van der Waals surface area contributed by atoms with E-state index in [0.717, 1.165) is 30.0 Å². The predicted molar refractivity (Wildman–Crippen MR) is 86.5 cm³/mol. The van der Waals surface area contributed by atoms with Crippen molar-refractivity contribution < 1.29 is 17.6 Å². The summed E-state index contributed by atoms with van der Waals surface area (Å²) in [5.41, 5.74) is 0.217. The van der Waals surface area contributed by atoms with Crippen molar-refractivity contribution in [3.8, 4) is 5.69 Å². The number of aromatic nitrogens is 2. The Balaban J connectivity index is 2.42. The quantitative estimate of drug-likeness (QED) is 0.638. The average molecular weight is 350 g/mol. The fraction of sp³-hybridized carbons (Fsp3) is 0.222. The highest BCUT2D eigenvalue weighted by atomic mass is 19.4. The van der Waals surface area contributed by atoms with Gasteiger partial charge in [-0.05, 0) is 31.5 Å². The van der Waals surface area contributed by atoms with Crippen LogP contribution in [0.5, 0.6) is 0 Å². The van der Waals surface area contributed by atoms with Crippen LogP contribution in [0.2, 0.25) is 0 Å². The van der Waals surface area contributed by atoms with Gasteiger partial charge in [-0.3, -0.25) is 14.3 Å². The summed E-state index contributed by atoms with van der Waals surface area (Å²) in [6.45, 7) is 2.73. The molecular weight excluding hydrogens is 336 g/mol. The van der Waals surface area contributed by atoms with Crippen molar-refractivity contribution in [3.05, 3.63) is 70.0 Å². The van der Waals surface area contributed by atoms with E-state index < -0.39 is 23.5 Å². The monoisotopic (exact) mass is 350 g/mol. The molecule has 1 atom stereocenters. The van der Waals surface area contributed by atoms with E-state index in [0.29, 0.717) is 11.3 Å². The van der Waals surface area contributed by atoms with Crippen LogP contribution in [0.1, 0.15) is 24.0 Å². The summed E-state index contributed by atoms with van der Waals surface area (Å²) < 4.78 is 54.5. The maximum atomic E-state index is 13.6. The highest BCUT2D eigenvalue weighted by Gasteiger charge is 2.39. The Hall–Kier alpha value is -2.70. The third kappa shape index (κ3) is 3.01. The normalized spacial score (nSPS) is 13.2. The van der Waals surface area contributed by atoms with E-state index in [1.54, 1.807) is 31.2 Å². The molecule has 0 spiro atoms. The fourth-order valence-corrected chi connectivity index (χ4v) is 2.73. The lowest BCUT2D eigenvalue weighted by Gasteiger charge is -2.19. The zero-order chi connectivity index (χ0) is 18.4. The molecule has 0 bridgehead atoms. The molecule has 0 saturated carbocycles. The molecule has 130 valence electrons. The van der Waals surface area contributed by atoms with Crippen molar-refractivity contribution in [2.75, 3.05) is 0 Å². The number of hydrogen-bond donors (Lipinski definition) is 0. The van der Waals surface area contributed by atoms with Gasteiger partial charge in [0.15, 0.2) is 0 Å². The van der Waals surface area contributed by atoms with Gasteiger partial charge in [0.2, 0.25) is 0 Å². The zero-order valence-electron chi connectivity index (χ0n) is 13.4. The number of nitrogens with zero attached hydrogens (tertiary/aromatic N) is 2. The molecule has 7 heteroatoms. The van der Waals surface area contributed by atoms with E-state index in [1.807, 2.05) is 0 Å². The lowest BCUT2D eigenvalue weighted by Crippen LogP contribution is -2.25. The second-order valence-corrected chi connectivity index (χ2v) is 5.86. The third-order valence-corrected chi connectivity index (χ3v) is 4.18. The molecular formula is C18H14F4N2O. The van der Waals surface area contributed by atoms with Gasteiger partial charge in [-0.2, -0.15) is 13.2 Å². The van der Waals surface area contributed by atoms with Gasteiger partial charge in [-0.25, -0.2) is 4.39 Å². The minimum Gasteiger partial charge on any atom is -0.283 e. The first-order valence-electron chi connectivity index (χ1n) is 7.53. The molecule has 3 rings (SSSR count). The lowest BCUT2D eigenvalue weighted by atomic mass is 9.99. The minimum atomic E-state index is -4.52. The molecule has 0 aliphatic heterocycles. The molecule has 0 aliphatic carbocycles. The van der Waals surface area contributed by atoms with E-state index in [-0.39, 0.29) is 16.5 Å². The van der Waals surface area contributed by atoms with Crippen LogP contribution in [0, 0.1) is 12.7 Å². The van der Waals surface area contributed by atoms with Gasteiger partial charge >= 0.3 is 6.18 Å². The third-order valence-electron chi connectivity index (χ3n) is 4.18. The van der Waals surface area contributed by atoms with Gasteiger partial charge < -0.3 is 0 Å². The van der Waals surface area contributed by atoms with Crippen molar-refractivity contribution in [2.24, 2.45) is 0 Å². The molecule has 0 fully saturated rings. The molecule has 3 nitrogen and oxygen atoms in total. The average Bonchev–Trinajstić information content (AvgIpc) is 2.55. The first-order chi connectivity index (χ1) is 11.7. The largest absolute Gasteiger partial charge is 0.395 e. The van der Waals surface area contributed by atoms with Crippen LogP contribution in [0.25, 0.3) is 16.6 Å². The molecule has 1 unspecified atom stereocenters. The van der Waals surface area contributed by atoms with Crippen molar-refractivity contribution >= 4 is 10.9 Å². The van der Waals surface area contributed by atoms with E-state index in [2.05, 4.69) is 4.98 Å². The predicted octanol–water partition coefficient (Wildman–Crippen LogP) is 4.50. The zero-order valence-corrected chi connectivity index (χ0v) is 13.4. The standard InChI is InChI=1S/C18H14F4N2O/c1-10-5-3-4-6-15(10)24-9-14(11(2)18(20,21)22)16-13(17(24)25)7-12(19)8-23-16/h3-9,11H,1-2H3. The molecule has 1 aromatic carbocycles. The number of aryl methyl sites for hydroxylation is 1. The molecule has 0 radical (unpaired) electrons. The van der Waals surface area contributed by atoms with Crippen LogP contribution in [0.3, 0.4) is 0 Å².